The van der Waals surface area contributed by atoms with Crippen LogP contribution >= 0.6 is 0 Å². The van der Waals surface area contributed by atoms with Crippen molar-refractivity contribution in [3.63, 3.8) is 0 Å². The monoisotopic (exact) mass is 76.0 g/mol. The largest absolute Gasteiger partial charge is 0.352 e. The maximum Gasteiger partial charge on any atom is 0.222 e. The van der Waals surface area contributed by atoms with Crippen molar-refractivity contribution in [1.82, 2.24) is 0 Å². The summed E-state index contributed by atoms with van der Waals surface area (Å²) >= 11 is 0. The molecule has 0 saturated carbocycles. The lowest BCUT2D eigenvalue weighted by Crippen LogP contribution is -2.26. The molecule has 30 valence electrons. The quantitative estimate of drug-likeness (QED) is 0.216. The number of aliphatic hydroxyl groups is 3. The SMILES string of the molecule is BC(O)(O)O. The zero-order chi connectivity index (χ0) is 4.50. The van der Waals surface area contributed by atoms with Gasteiger partial charge in [0.05, 0.1) is 0 Å². The van der Waals surface area contributed by atoms with Gasteiger partial charge in [0.2, 0.25) is 13.7 Å². The van der Waals surface area contributed by atoms with Crippen LogP contribution < -0.4 is 0 Å². The minimum Gasteiger partial charge on any atom is -0.352 e. The first-order valence-electron chi connectivity index (χ1n) is 1.17. The Morgan fingerprint density at radius 1 is 1.20 bits per heavy atom. The van der Waals surface area contributed by atoms with Crippen LogP contribution in [-0.4, -0.2) is 29.0 Å². The van der Waals surface area contributed by atoms with Crippen molar-refractivity contribution in [3.05, 3.63) is 0 Å². The van der Waals surface area contributed by atoms with E-state index in [1.165, 1.54) is 0 Å². The second-order valence-corrected chi connectivity index (χ2v) is 0.971. The molecule has 0 aromatic rings. The van der Waals surface area contributed by atoms with Gasteiger partial charge in [0, 0.05) is 0 Å². The highest BCUT2D eigenvalue weighted by molar-refractivity contribution is 6.11. The Bertz CT molecular complexity index is 22.4. The van der Waals surface area contributed by atoms with Crippen LogP contribution in [0.15, 0.2) is 0 Å². The van der Waals surface area contributed by atoms with Crippen molar-refractivity contribution in [2.24, 2.45) is 0 Å². The lowest BCUT2D eigenvalue weighted by atomic mass is 10.1. The number of rotatable bonds is 0. The maximum absolute atomic E-state index is 7.63. The molecule has 0 aliphatic rings. The lowest BCUT2D eigenvalue weighted by Gasteiger charge is -2.02. The van der Waals surface area contributed by atoms with E-state index in [9.17, 15) is 0 Å². The van der Waals surface area contributed by atoms with E-state index in [0.29, 0.717) is 0 Å². The van der Waals surface area contributed by atoms with Crippen molar-refractivity contribution < 1.29 is 15.3 Å². The van der Waals surface area contributed by atoms with E-state index in [1.54, 1.807) is 0 Å². The second kappa shape index (κ2) is 0.968. The fourth-order valence-corrected chi connectivity index (χ4v) is 0. The first kappa shape index (κ1) is 4.94. The van der Waals surface area contributed by atoms with Crippen molar-refractivity contribution in [1.29, 1.82) is 0 Å². The third kappa shape index (κ3) is 4920. The molecule has 0 radical (unpaired) electrons. The van der Waals surface area contributed by atoms with Crippen molar-refractivity contribution in [2.75, 3.05) is 0 Å². The van der Waals surface area contributed by atoms with Gasteiger partial charge in [-0.05, 0) is 0 Å². The van der Waals surface area contributed by atoms with Gasteiger partial charge in [0.25, 0.3) is 0 Å². The Labute approximate surface area is 30.3 Å². The molecule has 0 rings (SSSR count). The Hall–Kier alpha value is -0.0551. The van der Waals surface area contributed by atoms with E-state index in [4.69, 9.17) is 15.3 Å². The highest BCUT2D eigenvalue weighted by atomic mass is 16.7. The molecule has 0 amide bonds. The number of hydrogen-bond acceptors (Lipinski definition) is 3. The molecule has 0 spiro atoms. The summed E-state index contributed by atoms with van der Waals surface area (Å²) < 4.78 is 0. The molecule has 0 unspecified atom stereocenters. The predicted octanol–water partition coefficient (Wildman–Crippen LogP) is -2.79. The first-order valence-corrected chi connectivity index (χ1v) is 1.17. The molecule has 0 fully saturated rings. The van der Waals surface area contributed by atoms with E-state index in [2.05, 4.69) is 0 Å². The fraction of sp³-hybridized carbons (Fsp3) is 1.00. The van der Waals surface area contributed by atoms with E-state index in [-0.39, 0.29) is 0 Å². The molecule has 0 aromatic heterocycles. The van der Waals surface area contributed by atoms with Crippen LogP contribution in [0.2, 0.25) is 0 Å². The van der Waals surface area contributed by atoms with Gasteiger partial charge in [0.15, 0.2) is 0 Å². The molecule has 0 atom stereocenters. The van der Waals surface area contributed by atoms with Gasteiger partial charge in [0.1, 0.15) is 0 Å². The van der Waals surface area contributed by atoms with Gasteiger partial charge in [-0.2, -0.15) is 0 Å². The minimum atomic E-state index is -2.50. The summed E-state index contributed by atoms with van der Waals surface area (Å²) in [5.41, 5.74) is 0. The molecule has 4 heteroatoms. The van der Waals surface area contributed by atoms with Crippen LogP contribution in [0.4, 0.5) is 0 Å². The summed E-state index contributed by atoms with van der Waals surface area (Å²) in [6.07, 6.45) is 0. The smallest absolute Gasteiger partial charge is 0.222 e. The zero-order valence-corrected chi connectivity index (χ0v) is 2.84. The van der Waals surface area contributed by atoms with Crippen LogP contribution in [0.5, 0.6) is 0 Å². The Morgan fingerprint density at radius 2 is 1.20 bits per heavy atom. The first-order chi connectivity index (χ1) is 2.00. The zero-order valence-electron chi connectivity index (χ0n) is 2.84. The lowest BCUT2D eigenvalue weighted by molar-refractivity contribution is -0.243. The van der Waals surface area contributed by atoms with Gasteiger partial charge in [-0.15, -0.1) is 0 Å². The normalized spacial score (nSPS) is 11.8. The Kier molecular flexibility index (Phi) is 0.957. The molecule has 0 aromatic carbocycles. The highest BCUT2D eigenvalue weighted by Gasteiger charge is 2.03. The van der Waals surface area contributed by atoms with Crippen LogP contribution in [0.25, 0.3) is 0 Å². The van der Waals surface area contributed by atoms with Gasteiger partial charge in [-0.1, -0.05) is 0 Å². The van der Waals surface area contributed by atoms with Gasteiger partial charge in [-0.3, -0.25) is 0 Å². The van der Waals surface area contributed by atoms with Crippen LogP contribution in [0.1, 0.15) is 0 Å². The van der Waals surface area contributed by atoms with Gasteiger partial charge < -0.3 is 15.3 Å². The van der Waals surface area contributed by atoms with Gasteiger partial charge in [-0.25, -0.2) is 0 Å². The minimum absolute atomic E-state index is 0.854. The summed E-state index contributed by atoms with van der Waals surface area (Å²) in [6.45, 7) is 0. The molecular formula is CH5BO3. The van der Waals surface area contributed by atoms with Crippen molar-refractivity contribution in [3.8, 4) is 0 Å². The Balaban J connectivity index is 3.02. The molecule has 0 bridgehead atoms. The van der Waals surface area contributed by atoms with E-state index < -0.39 is 5.87 Å². The maximum atomic E-state index is 7.63. The molecule has 0 saturated heterocycles. The third-order valence-corrected chi connectivity index (χ3v) is 0. The van der Waals surface area contributed by atoms with Crippen LogP contribution in [-0.2, 0) is 0 Å². The van der Waals surface area contributed by atoms with Gasteiger partial charge >= 0.3 is 0 Å². The predicted molar refractivity (Wildman–Crippen MR) is 17.9 cm³/mol. The third-order valence-electron chi connectivity index (χ3n) is 0. The van der Waals surface area contributed by atoms with E-state index >= 15 is 0 Å². The molecule has 0 heterocycles. The topological polar surface area (TPSA) is 60.7 Å². The van der Waals surface area contributed by atoms with Crippen LogP contribution in [0.3, 0.4) is 0 Å². The summed E-state index contributed by atoms with van der Waals surface area (Å²) in [7, 11) is 0.854. The van der Waals surface area contributed by atoms with E-state index in [1.807, 2.05) is 0 Å². The highest BCUT2D eigenvalue weighted by Crippen LogP contribution is 1.74. The molecule has 3 nitrogen and oxygen atoms in total. The van der Waals surface area contributed by atoms with E-state index in [0.717, 1.165) is 7.85 Å². The molecule has 0 aliphatic carbocycles. The molecular weight excluding hydrogens is 70.8 g/mol. The standard InChI is InChI=1S/CH5BO3/c2-1(3,4)5/h3-5H,2H2. The Morgan fingerprint density at radius 3 is 1.20 bits per heavy atom. The molecule has 0 aliphatic heterocycles. The van der Waals surface area contributed by atoms with Crippen molar-refractivity contribution >= 4 is 7.85 Å². The summed E-state index contributed by atoms with van der Waals surface area (Å²) in [4.78, 5) is 0. The molecule has 5 heavy (non-hydrogen) atoms. The second-order valence-electron chi connectivity index (χ2n) is 0.971. The average Bonchev–Trinajstić information content (AvgIpc) is 0.722. The molecule has 3 N–H and O–H groups in total. The summed E-state index contributed by atoms with van der Waals surface area (Å²) in [5.74, 6) is -2.50. The summed E-state index contributed by atoms with van der Waals surface area (Å²) in [5, 5.41) is 22.9. The summed E-state index contributed by atoms with van der Waals surface area (Å²) in [6, 6.07) is 0. The fourth-order valence-electron chi connectivity index (χ4n) is 0. The number of hydrogen-bond donors (Lipinski definition) is 3. The van der Waals surface area contributed by atoms with Crippen LogP contribution in [0, 0.1) is 0 Å². The average molecular weight is 75.9 g/mol. The van der Waals surface area contributed by atoms with Crippen molar-refractivity contribution in [2.45, 2.75) is 5.87 Å².